The summed E-state index contributed by atoms with van der Waals surface area (Å²) in [6.45, 7) is 1.36. The average Bonchev–Trinajstić information content (AvgIpc) is 2.77. The minimum absolute atomic E-state index is 0.0759. The third-order valence-electron chi connectivity index (χ3n) is 7.19. The fourth-order valence-corrected chi connectivity index (χ4v) is 5.88. The van der Waals surface area contributed by atoms with Crippen LogP contribution in [0, 0.1) is 16.7 Å². The highest BCUT2D eigenvalue weighted by Crippen LogP contribution is 2.72. The third kappa shape index (κ3) is 1.31. The SMILES string of the molecule is COCC1(O)C2CC3(C(C)CCC3(O)C13COC3=O)C(O)C(=O)O2. The molecule has 2 saturated heterocycles. The molecule has 24 heavy (non-hydrogen) atoms. The smallest absolute Gasteiger partial charge is 0.336 e. The summed E-state index contributed by atoms with van der Waals surface area (Å²) in [4.78, 5) is 24.8. The van der Waals surface area contributed by atoms with Gasteiger partial charge in [0.15, 0.2) is 11.5 Å². The van der Waals surface area contributed by atoms with Gasteiger partial charge < -0.3 is 29.5 Å². The van der Waals surface area contributed by atoms with Crippen LogP contribution in [0.1, 0.15) is 26.2 Å². The fourth-order valence-electron chi connectivity index (χ4n) is 5.88. The summed E-state index contributed by atoms with van der Waals surface area (Å²) in [7, 11) is 1.36. The number of methoxy groups -OCH3 is 1. The number of aliphatic hydroxyl groups is 3. The molecule has 2 aliphatic carbocycles. The molecule has 3 N–H and O–H groups in total. The number of ether oxygens (including phenoxy) is 3. The van der Waals surface area contributed by atoms with Gasteiger partial charge in [-0.15, -0.1) is 0 Å². The molecule has 0 aromatic rings. The maximum atomic E-state index is 12.5. The van der Waals surface area contributed by atoms with Crippen LogP contribution < -0.4 is 0 Å². The number of cyclic esters (lactones) is 1. The van der Waals surface area contributed by atoms with Gasteiger partial charge in [0, 0.05) is 12.5 Å². The lowest BCUT2D eigenvalue weighted by atomic mass is 9.42. The number of carbonyl (C=O) groups is 2. The number of fused-ring (bicyclic) bond motifs is 2. The van der Waals surface area contributed by atoms with Crippen molar-refractivity contribution in [3.8, 4) is 0 Å². The molecule has 2 heterocycles. The van der Waals surface area contributed by atoms with E-state index in [0.717, 1.165) is 0 Å². The Morgan fingerprint density at radius 2 is 2.04 bits per heavy atom. The van der Waals surface area contributed by atoms with Crippen LogP contribution in [0.25, 0.3) is 0 Å². The molecule has 2 bridgehead atoms. The van der Waals surface area contributed by atoms with Crippen molar-refractivity contribution in [3.05, 3.63) is 0 Å². The summed E-state index contributed by atoms with van der Waals surface area (Å²) in [6.07, 6.45) is -1.82. The number of aliphatic hydroxyl groups excluding tert-OH is 1. The molecule has 0 amide bonds. The first-order valence-corrected chi connectivity index (χ1v) is 8.21. The number of rotatable bonds is 2. The van der Waals surface area contributed by atoms with Gasteiger partial charge in [0.25, 0.3) is 0 Å². The minimum atomic E-state index is -1.91. The second-order valence-corrected chi connectivity index (χ2v) is 7.71. The van der Waals surface area contributed by atoms with E-state index in [-0.39, 0.29) is 32.0 Å². The molecule has 7 atom stereocenters. The first-order valence-electron chi connectivity index (χ1n) is 8.21. The molecule has 7 unspecified atom stereocenters. The van der Waals surface area contributed by atoms with Crippen LogP contribution >= 0.6 is 0 Å². The maximum absolute atomic E-state index is 12.5. The fraction of sp³-hybridized carbons (Fsp3) is 0.875. The Morgan fingerprint density at radius 1 is 1.33 bits per heavy atom. The zero-order valence-corrected chi connectivity index (χ0v) is 13.7. The van der Waals surface area contributed by atoms with Gasteiger partial charge in [-0.05, 0) is 25.2 Å². The molecule has 134 valence electrons. The lowest BCUT2D eigenvalue weighted by molar-refractivity contribution is -0.369. The Bertz CT molecular complexity index is 621. The predicted octanol–water partition coefficient (Wildman–Crippen LogP) is -1.26. The largest absolute Gasteiger partial charge is 0.464 e. The summed E-state index contributed by atoms with van der Waals surface area (Å²) in [5, 5.41) is 33.7. The molecule has 0 aromatic carbocycles. The number of hydrogen-bond acceptors (Lipinski definition) is 8. The van der Waals surface area contributed by atoms with Crippen LogP contribution in [0.2, 0.25) is 0 Å². The second-order valence-electron chi connectivity index (χ2n) is 7.71. The molecule has 4 rings (SSSR count). The first kappa shape index (κ1) is 16.3. The van der Waals surface area contributed by atoms with Gasteiger partial charge in [-0.3, -0.25) is 4.79 Å². The van der Waals surface area contributed by atoms with Crippen molar-refractivity contribution >= 4 is 11.9 Å². The molecule has 8 heteroatoms. The Labute approximate surface area is 138 Å². The highest BCUT2D eigenvalue weighted by atomic mass is 16.6. The molecule has 4 aliphatic rings. The van der Waals surface area contributed by atoms with Gasteiger partial charge in [-0.25, -0.2) is 4.79 Å². The lowest BCUT2D eigenvalue weighted by Crippen LogP contribution is -2.87. The molecule has 8 nitrogen and oxygen atoms in total. The zero-order valence-electron chi connectivity index (χ0n) is 13.7. The van der Waals surface area contributed by atoms with Crippen LogP contribution in [-0.2, 0) is 23.8 Å². The number of carbonyl (C=O) groups excluding carboxylic acids is 2. The van der Waals surface area contributed by atoms with Gasteiger partial charge in [-0.2, -0.15) is 0 Å². The van der Waals surface area contributed by atoms with E-state index in [1.165, 1.54) is 7.11 Å². The Kier molecular flexibility index (Phi) is 3.04. The van der Waals surface area contributed by atoms with Crippen molar-refractivity contribution in [2.75, 3.05) is 20.3 Å². The highest BCUT2D eigenvalue weighted by Gasteiger charge is 2.88. The number of hydrogen-bond donors (Lipinski definition) is 3. The topological polar surface area (TPSA) is 123 Å². The van der Waals surface area contributed by atoms with Crippen molar-refractivity contribution in [2.24, 2.45) is 16.7 Å². The van der Waals surface area contributed by atoms with E-state index in [2.05, 4.69) is 0 Å². The molecule has 0 radical (unpaired) electrons. The molecule has 0 aromatic heterocycles. The number of esters is 2. The summed E-state index contributed by atoms with van der Waals surface area (Å²) in [5.74, 6) is -1.83. The predicted molar refractivity (Wildman–Crippen MR) is 76.5 cm³/mol. The Hall–Kier alpha value is -1.22. The Morgan fingerprint density at radius 3 is 2.58 bits per heavy atom. The second kappa shape index (κ2) is 4.49. The quantitative estimate of drug-likeness (QED) is 0.532. The molecule has 2 aliphatic heterocycles. The van der Waals surface area contributed by atoms with Crippen LogP contribution in [0.3, 0.4) is 0 Å². The monoisotopic (exact) mass is 342 g/mol. The minimum Gasteiger partial charge on any atom is -0.464 e. The van der Waals surface area contributed by atoms with Crippen LogP contribution in [0.4, 0.5) is 0 Å². The standard InChI is InChI=1S/C16H22O8/c1-8-3-4-16(21)13(8)5-9(24-11(18)10(13)17)15(20,7-22-2)14(16)6-23-12(14)19/h8-10,17,20-21H,3-7H2,1-2H3. The van der Waals surface area contributed by atoms with Crippen LogP contribution in [0.15, 0.2) is 0 Å². The van der Waals surface area contributed by atoms with Crippen molar-refractivity contribution in [2.45, 2.75) is 49.6 Å². The van der Waals surface area contributed by atoms with E-state index in [1.54, 1.807) is 0 Å². The maximum Gasteiger partial charge on any atom is 0.336 e. The summed E-state index contributed by atoms with van der Waals surface area (Å²) < 4.78 is 15.4. The average molecular weight is 342 g/mol. The van der Waals surface area contributed by atoms with E-state index in [0.29, 0.717) is 6.42 Å². The van der Waals surface area contributed by atoms with Crippen molar-refractivity contribution in [3.63, 3.8) is 0 Å². The zero-order chi connectivity index (χ0) is 17.5. The van der Waals surface area contributed by atoms with E-state index in [1.807, 2.05) is 6.92 Å². The third-order valence-corrected chi connectivity index (χ3v) is 7.19. The lowest BCUT2D eigenvalue weighted by Gasteiger charge is -2.69. The van der Waals surface area contributed by atoms with Crippen molar-refractivity contribution in [1.29, 1.82) is 0 Å². The molecule has 2 saturated carbocycles. The summed E-state index contributed by atoms with van der Waals surface area (Å²) in [6, 6.07) is 0. The van der Waals surface area contributed by atoms with Crippen LogP contribution in [-0.4, -0.2) is 71.0 Å². The van der Waals surface area contributed by atoms with Crippen LogP contribution in [0.5, 0.6) is 0 Å². The van der Waals surface area contributed by atoms with E-state index in [4.69, 9.17) is 14.2 Å². The van der Waals surface area contributed by atoms with Gasteiger partial charge in [-0.1, -0.05) is 6.92 Å². The van der Waals surface area contributed by atoms with E-state index in [9.17, 15) is 24.9 Å². The molecule has 2 spiro atoms. The van der Waals surface area contributed by atoms with E-state index >= 15 is 0 Å². The Balaban J connectivity index is 1.99. The first-order chi connectivity index (χ1) is 11.2. The summed E-state index contributed by atoms with van der Waals surface area (Å²) >= 11 is 0. The van der Waals surface area contributed by atoms with Crippen molar-refractivity contribution in [1.82, 2.24) is 0 Å². The molecule has 4 fully saturated rings. The van der Waals surface area contributed by atoms with Crippen molar-refractivity contribution < 1.29 is 39.1 Å². The van der Waals surface area contributed by atoms with Gasteiger partial charge >= 0.3 is 11.9 Å². The molecular weight excluding hydrogens is 320 g/mol. The van der Waals surface area contributed by atoms with Gasteiger partial charge in [0.05, 0.1) is 12.2 Å². The van der Waals surface area contributed by atoms with Gasteiger partial charge in [0.2, 0.25) is 0 Å². The van der Waals surface area contributed by atoms with Gasteiger partial charge in [0.1, 0.15) is 18.3 Å². The molecular formula is C16H22O8. The highest BCUT2D eigenvalue weighted by molar-refractivity contribution is 5.88. The summed E-state index contributed by atoms with van der Waals surface area (Å²) in [5.41, 5.74) is -6.59. The van der Waals surface area contributed by atoms with E-state index < -0.39 is 46.2 Å². The normalized spacial score (nSPS) is 55.6.